The lowest BCUT2D eigenvalue weighted by Crippen LogP contribution is -2.53. The molecule has 3 amide bonds. The summed E-state index contributed by atoms with van der Waals surface area (Å²) in [5.74, 6) is -2.95. The van der Waals surface area contributed by atoms with Crippen molar-refractivity contribution in [1.82, 2.24) is 15.5 Å². The van der Waals surface area contributed by atoms with Crippen LogP contribution in [0.5, 0.6) is 0 Å². The molecule has 0 saturated carbocycles. The van der Waals surface area contributed by atoms with Crippen LogP contribution < -0.4 is 10.6 Å². The smallest absolute Gasteiger partial charge is 0.246 e. The summed E-state index contributed by atoms with van der Waals surface area (Å²) in [6.07, 6.45) is 3.79. The van der Waals surface area contributed by atoms with E-state index < -0.39 is 35.5 Å². The van der Waals surface area contributed by atoms with Crippen molar-refractivity contribution >= 4 is 17.7 Å². The molecule has 2 aromatic rings. The highest BCUT2D eigenvalue weighted by Crippen LogP contribution is 2.26. The molecule has 0 saturated heterocycles. The molecule has 0 aromatic heterocycles. The minimum absolute atomic E-state index is 0.150. The maximum absolute atomic E-state index is 13.4. The molecule has 3 atom stereocenters. The lowest BCUT2D eigenvalue weighted by atomic mass is 10.1. The minimum atomic E-state index is -0.960. The Balaban J connectivity index is 1.64. The van der Waals surface area contributed by atoms with E-state index in [-0.39, 0.29) is 23.9 Å². The number of halogens is 2. The number of nitrogens with one attached hydrogen (secondary N) is 2. The van der Waals surface area contributed by atoms with Crippen molar-refractivity contribution in [3.63, 3.8) is 0 Å². The summed E-state index contributed by atoms with van der Waals surface area (Å²) in [7, 11) is 1.55. The highest BCUT2D eigenvalue weighted by Gasteiger charge is 2.33. The quantitative estimate of drug-likeness (QED) is 0.535. The van der Waals surface area contributed by atoms with Crippen molar-refractivity contribution in [3.8, 4) is 0 Å². The molecular formula is C26H29F2N3O4. The van der Waals surface area contributed by atoms with E-state index in [0.717, 1.165) is 17.7 Å². The molecule has 0 spiro atoms. The van der Waals surface area contributed by atoms with Crippen LogP contribution >= 0.6 is 0 Å². The summed E-state index contributed by atoms with van der Waals surface area (Å²) in [4.78, 5) is 40.1. The Morgan fingerprint density at radius 3 is 2.49 bits per heavy atom. The average molecular weight is 486 g/mol. The van der Waals surface area contributed by atoms with Crippen molar-refractivity contribution in [2.24, 2.45) is 0 Å². The van der Waals surface area contributed by atoms with E-state index in [9.17, 15) is 23.2 Å². The number of methoxy groups -OCH3 is 1. The highest BCUT2D eigenvalue weighted by atomic mass is 19.1. The van der Waals surface area contributed by atoms with Gasteiger partial charge in [-0.3, -0.25) is 14.4 Å². The molecule has 2 aromatic carbocycles. The number of ether oxygens (including phenoxy) is 1. The molecule has 2 N–H and O–H groups in total. The summed E-state index contributed by atoms with van der Waals surface area (Å²) >= 11 is 0. The van der Waals surface area contributed by atoms with Gasteiger partial charge in [-0.25, -0.2) is 8.78 Å². The first-order valence-corrected chi connectivity index (χ1v) is 11.3. The molecule has 1 heterocycles. The second-order valence-electron chi connectivity index (χ2n) is 8.35. The molecule has 0 aliphatic carbocycles. The van der Waals surface area contributed by atoms with Crippen LogP contribution in [0.3, 0.4) is 0 Å². The van der Waals surface area contributed by atoms with Gasteiger partial charge in [0.2, 0.25) is 17.7 Å². The van der Waals surface area contributed by atoms with Crippen LogP contribution in [-0.4, -0.2) is 55.0 Å². The Morgan fingerprint density at radius 2 is 1.83 bits per heavy atom. The van der Waals surface area contributed by atoms with E-state index in [0.29, 0.717) is 25.6 Å². The van der Waals surface area contributed by atoms with Gasteiger partial charge in [-0.05, 0) is 36.6 Å². The predicted molar refractivity (Wildman–Crippen MR) is 126 cm³/mol. The minimum Gasteiger partial charge on any atom is -0.383 e. The first-order valence-electron chi connectivity index (χ1n) is 11.3. The third-order valence-corrected chi connectivity index (χ3v) is 5.66. The first-order chi connectivity index (χ1) is 16.8. The third kappa shape index (κ3) is 7.19. The Hall–Kier alpha value is -3.59. The van der Waals surface area contributed by atoms with Gasteiger partial charge in [0.1, 0.15) is 23.7 Å². The SMILES string of the molecule is COCCN1C(=O)[C@@H](NC(=O)[C@H](C)NC(=O)Cc2cc(F)cc(F)c2)CC=C[C@@H]1c1ccccc1. The zero-order valence-corrected chi connectivity index (χ0v) is 19.7. The standard InChI is InChI=1S/C26H29F2N3O4/c1-17(29-24(32)15-18-13-20(27)16-21(28)14-18)25(33)30-22-9-6-10-23(19-7-4-3-5-8-19)31(26(22)34)11-12-35-2/h3-8,10,13-14,16-17,22-23H,9,11-12,15H2,1-2H3,(H,29,32)(H,30,33)/t17-,22-,23+/m0/s1. The van der Waals surface area contributed by atoms with E-state index in [2.05, 4.69) is 10.6 Å². The highest BCUT2D eigenvalue weighted by molar-refractivity contribution is 5.92. The van der Waals surface area contributed by atoms with Gasteiger partial charge in [-0.1, -0.05) is 42.5 Å². The summed E-state index contributed by atoms with van der Waals surface area (Å²) in [6, 6.07) is 10.3. The van der Waals surface area contributed by atoms with E-state index in [4.69, 9.17) is 4.74 Å². The Bertz CT molecular complexity index is 1060. The molecule has 3 rings (SSSR count). The number of carbonyl (C=O) groups excluding carboxylic acids is 3. The molecule has 0 radical (unpaired) electrons. The third-order valence-electron chi connectivity index (χ3n) is 5.66. The number of carbonyl (C=O) groups is 3. The van der Waals surface area contributed by atoms with E-state index in [1.807, 2.05) is 42.5 Å². The average Bonchev–Trinajstić information content (AvgIpc) is 2.96. The fourth-order valence-corrected chi connectivity index (χ4v) is 3.94. The number of rotatable bonds is 9. The maximum atomic E-state index is 13.4. The number of amides is 3. The van der Waals surface area contributed by atoms with Gasteiger partial charge in [0, 0.05) is 19.7 Å². The number of nitrogens with zero attached hydrogens (tertiary/aromatic N) is 1. The zero-order valence-electron chi connectivity index (χ0n) is 19.7. The second-order valence-corrected chi connectivity index (χ2v) is 8.35. The molecule has 1 aliphatic rings. The molecular weight excluding hydrogens is 456 g/mol. The largest absolute Gasteiger partial charge is 0.383 e. The Kier molecular flexibility index (Phi) is 9.08. The molecule has 0 fully saturated rings. The number of hydrogen-bond acceptors (Lipinski definition) is 4. The van der Waals surface area contributed by atoms with Crippen molar-refractivity contribution < 1.29 is 27.9 Å². The predicted octanol–water partition coefficient (Wildman–Crippen LogP) is 2.67. The molecule has 1 aliphatic heterocycles. The Labute approximate surface area is 203 Å². The van der Waals surface area contributed by atoms with Crippen molar-refractivity contribution in [3.05, 3.63) is 83.4 Å². The summed E-state index contributed by atoms with van der Waals surface area (Å²) in [5, 5.41) is 5.23. The lowest BCUT2D eigenvalue weighted by molar-refractivity contribution is -0.138. The van der Waals surface area contributed by atoms with Crippen molar-refractivity contribution in [2.45, 2.75) is 37.9 Å². The van der Waals surface area contributed by atoms with Crippen LogP contribution in [-0.2, 0) is 25.5 Å². The van der Waals surface area contributed by atoms with Crippen LogP contribution in [0, 0.1) is 11.6 Å². The molecule has 0 bridgehead atoms. The fraction of sp³-hybridized carbons (Fsp3) is 0.346. The first kappa shape index (κ1) is 26.0. The van der Waals surface area contributed by atoms with Gasteiger partial charge < -0.3 is 20.3 Å². The summed E-state index contributed by atoms with van der Waals surface area (Å²) in [6.45, 7) is 2.14. The van der Waals surface area contributed by atoms with E-state index in [1.165, 1.54) is 6.92 Å². The number of benzene rings is 2. The zero-order chi connectivity index (χ0) is 25.4. The van der Waals surface area contributed by atoms with Gasteiger partial charge >= 0.3 is 0 Å². The molecule has 0 unspecified atom stereocenters. The lowest BCUT2D eigenvalue weighted by Gasteiger charge is -2.31. The van der Waals surface area contributed by atoms with Gasteiger partial charge in [0.15, 0.2) is 0 Å². The molecule has 35 heavy (non-hydrogen) atoms. The van der Waals surface area contributed by atoms with Gasteiger partial charge in [0.25, 0.3) is 0 Å². The second kappa shape index (κ2) is 12.2. The van der Waals surface area contributed by atoms with Gasteiger partial charge in [-0.2, -0.15) is 0 Å². The molecule has 9 heteroatoms. The maximum Gasteiger partial charge on any atom is 0.246 e. The van der Waals surface area contributed by atoms with Crippen molar-refractivity contribution in [1.29, 1.82) is 0 Å². The van der Waals surface area contributed by atoms with E-state index in [1.54, 1.807) is 12.0 Å². The van der Waals surface area contributed by atoms with Crippen LogP contribution in [0.1, 0.15) is 30.5 Å². The van der Waals surface area contributed by atoms with E-state index >= 15 is 0 Å². The molecule has 186 valence electrons. The monoisotopic (exact) mass is 485 g/mol. The molecule has 7 nitrogen and oxygen atoms in total. The topological polar surface area (TPSA) is 87.7 Å². The van der Waals surface area contributed by atoms with Crippen LogP contribution in [0.15, 0.2) is 60.7 Å². The van der Waals surface area contributed by atoms with Crippen LogP contribution in [0.2, 0.25) is 0 Å². The normalized spacial score (nSPS) is 18.6. The van der Waals surface area contributed by atoms with Gasteiger partial charge in [0.05, 0.1) is 19.1 Å². The van der Waals surface area contributed by atoms with Crippen LogP contribution in [0.4, 0.5) is 8.78 Å². The Morgan fingerprint density at radius 1 is 1.14 bits per heavy atom. The number of hydrogen-bond donors (Lipinski definition) is 2. The summed E-state index contributed by atoms with van der Waals surface area (Å²) < 4.78 is 31.9. The van der Waals surface area contributed by atoms with Crippen molar-refractivity contribution in [2.75, 3.05) is 20.3 Å². The van der Waals surface area contributed by atoms with Gasteiger partial charge in [-0.15, -0.1) is 0 Å². The fourth-order valence-electron chi connectivity index (χ4n) is 3.94. The summed E-state index contributed by atoms with van der Waals surface area (Å²) in [5.41, 5.74) is 1.09. The van der Waals surface area contributed by atoms with Crippen LogP contribution in [0.25, 0.3) is 0 Å².